The van der Waals surface area contributed by atoms with Crippen LogP contribution < -0.4 is 5.32 Å². The summed E-state index contributed by atoms with van der Waals surface area (Å²) in [7, 11) is 0. The number of thioether (sulfide) groups is 1. The highest BCUT2D eigenvalue weighted by Gasteiger charge is 2.30. The Hall–Kier alpha value is -1.17. The van der Waals surface area contributed by atoms with E-state index in [1.807, 2.05) is 0 Å². The second-order valence-corrected chi connectivity index (χ2v) is 4.84. The van der Waals surface area contributed by atoms with Gasteiger partial charge in [-0.15, -0.1) is 0 Å². The third kappa shape index (κ3) is 2.09. The molecule has 80 valence electrons. The van der Waals surface area contributed by atoms with Gasteiger partial charge >= 0.3 is 0 Å². The highest BCUT2D eigenvalue weighted by molar-refractivity contribution is 8.14. The van der Waals surface area contributed by atoms with Crippen LogP contribution in [0, 0.1) is 0 Å². The SMILES string of the molecule is CCC(C)SC1=NC2N=NC=C2C(=O)N1. The smallest absolute Gasteiger partial charge is 0.258 e. The Kier molecular flexibility index (Phi) is 2.86. The number of azo groups is 1. The van der Waals surface area contributed by atoms with Crippen LogP contribution in [-0.2, 0) is 4.79 Å². The summed E-state index contributed by atoms with van der Waals surface area (Å²) in [5, 5.41) is 11.4. The number of carbonyl (C=O) groups is 1. The number of nitrogens with zero attached hydrogens (tertiary/aromatic N) is 3. The van der Waals surface area contributed by atoms with Crippen LogP contribution in [0.15, 0.2) is 27.0 Å². The summed E-state index contributed by atoms with van der Waals surface area (Å²) in [5.74, 6) is -0.134. The molecule has 0 aromatic carbocycles. The first-order valence-electron chi connectivity index (χ1n) is 4.86. The molecular formula is C9H12N4OS. The van der Waals surface area contributed by atoms with Gasteiger partial charge in [0.05, 0.1) is 11.8 Å². The van der Waals surface area contributed by atoms with Gasteiger partial charge < -0.3 is 5.32 Å². The molecule has 0 radical (unpaired) electrons. The van der Waals surface area contributed by atoms with Crippen LogP contribution in [0.4, 0.5) is 0 Å². The predicted molar refractivity (Wildman–Crippen MR) is 59.6 cm³/mol. The van der Waals surface area contributed by atoms with Gasteiger partial charge in [0.25, 0.3) is 5.91 Å². The summed E-state index contributed by atoms with van der Waals surface area (Å²) >= 11 is 1.56. The molecule has 0 aromatic rings. The zero-order chi connectivity index (χ0) is 10.8. The molecule has 0 saturated carbocycles. The number of fused-ring (bicyclic) bond motifs is 1. The van der Waals surface area contributed by atoms with Crippen LogP contribution in [0.2, 0.25) is 0 Å². The van der Waals surface area contributed by atoms with Gasteiger partial charge in [0, 0.05) is 5.25 Å². The summed E-state index contributed by atoms with van der Waals surface area (Å²) in [5.41, 5.74) is 0.531. The van der Waals surface area contributed by atoms with E-state index in [0.29, 0.717) is 16.0 Å². The molecule has 0 aromatic heterocycles. The maximum absolute atomic E-state index is 11.6. The number of hydrogen-bond donors (Lipinski definition) is 1. The van der Waals surface area contributed by atoms with Crippen molar-refractivity contribution >= 4 is 22.8 Å². The summed E-state index contributed by atoms with van der Waals surface area (Å²) in [6.07, 6.45) is 2.09. The second-order valence-electron chi connectivity index (χ2n) is 3.41. The van der Waals surface area contributed by atoms with E-state index in [1.165, 1.54) is 6.20 Å². The number of nitrogens with one attached hydrogen (secondary N) is 1. The lowest BCUT2D eigenvalue weighted by Crippen LogP contribution is -2.38. The highest BCUT2D eigenvalue weighted by Crippen LogP contribution is 2.24. The minimum atomic E-state index is -0.412. The average Bonchev–Trinajstić information content (AvgIpc) is 2.66. The van der Waals surface area contributed by atoms with Gasteiger partial charge in [-0.1, -0.05) is 25.6 Å². The fourth-order valence-electron chi connectivity index (χ4n) is 1.21. The van der Waals surface area contributed by atoms with Gasteiger partial charge in [-0.2, -0.15) is 10.2 Å². The van der Waals surface area contributed by atoms with Crippen molar-refractivity contribution in [3.05, 3.63) is 11.8 Å². The molecule has 2 aliphatic rings. The van der Waals surface area contributed by atoms with E-state index in [1.54, 1.807) is 11.8 Å². The first kappa shape index (κ1) is 10.4. The maximum atomic E-state index is 11.6. The van der Waals surface area contributed by atoms with E-state index in [0.717, 1.165) is 6.42 Å². The number of hydrogen-bond acceptors (Lipinski definition) is 5. The maximum Gasteiger partial charge on any atom is 0.258 e. The molecule has 5 nitrogen and oxygen atoms in total. The first-order chi connectivity index (χ1) is 7.20. The van der Waals surface area contributed by atoms with Crippen LogP contribution >= 0.6 is 11.8 Å². The van der Waals surface area contributed by atoms with E-state index < -0.39 is 6.17 Å². The zero-order valence-electron chi connectivity index (χ0n) is 8.60. The molecule has 15 heavy (non-hydrogen) atoms. The molecule has 2 atom stereocenters. The van der Waals surface area contributed by atoms with Gasteiger partial charge in [0.2, 0.25) is 0 Å². The first-order valence-corrected chi connectivity index (χ1v) is 5.74. The van der Waals surface area contributed by atoms with Crippen molar-refractivity contribution in [3.8, 4) is 0 Å². The molecule has 2 heterocycles. The molecule has 0 bridgehead atoms. The van der Waals surface area contributed by atoms with Crippen molar-refractivity contribution in [3.63, 3.8) is 0 Å². The summed E-state index contributed by atoms with van der Waals surface area (Å²) in [6.45, 7) is 4.20. The average molecular weight is 224 g/mol. The van der Waals surface area contributed by atoms with Crippen molar-refractivity contribution in [2.45, 2.75) is 31.7 Å². The highest BCUT2D eigenvalue weighted by atomic mass is 32.2. The molecule has 2 rings (SSSR count). The Morgan fingerprint density at radius 1 is 1.67 bits per heavy atom. The minimum absolute atomic E-state index is 0.134. The Morgan fingerprint density at radius 2 is 2.47 bits per heavy atom. The number of carbonyl (C=O) groups excluding carboxylic acids is 1. The second kappa shape index (κ2) is 4.14. The normalized spacial score (nSPS) is 25.5. The van der Waals surface area contributed by atoms with Crippen LogP contribution in [0.1, 0.15) is 20.3 Å². The molecule has 2 aliphatic heterocycles. The number of rotatable bonds is 2. The molecule has 2 unspecified atom stereocenters. The Balaban J connectivity index is 2.12. The molecule has 0 spiro atoms. The summed E-state index contributed by atoms with van der Waals surface area (Å²) in [6, 6.07) is 0. The van der Waals surface area contributed by atoms with Gasteiger partial charge in [0.1, 0.15) is 0 Å². The Labute approximate surface area is 92.1 Å². The Bertz CT molecular complexity index is 374. The van der Waals surface area contributed by atoms with Crippen molar-refractivity contribution in [1.29, 1.82) is 0 Å². The minimum Gasteiger partial charge on any atom is -0.301 e. The van der Waals surface area contributed by atoms with Crippen LogP contribution in [0.25, 0.3) is 0 Å². The fraction of sp³-hybridized carbons (Fsp3) is 0.556. The predicted octanol–water partition coefficient (Wildman–Crippen LogP) is 1.68. The van der Waals surface area contributed by atoms with E-state index in [9.17, 15) is 4.79 Å². The zero-order valence-corrected chi connectivity index (χ0v) is 9.41. The molecular weight excluding hydrogens is 212 g/mol. The van der Waals surface area contributed by atoms with Crippen molar-refractivity contribution < 1.29 is 4.79 Å². The van der Waals surface area contributed by atoms with E-state index in [2.05, 4.69) is 34.4 Å². The van der Waals surface area contributed by atoms with E-state index in [4.69, 9.17) is 0 Å². The van der Waals surface area contributed by atoms with Crippen LogP contribution in [0.3, 0.4) is 0 Å². The van der Waals surface area contributed by atoms with Crippen molar-refractivity contribution in [2.75, 3.05) is 0 Å². The number of amidine groups is 1. The largest absolute Gasteiger partial charge is 0.301 e. The van der Waals surface area contributed by atoms with Crippen molar-refractivity contribution in [2.24, 2.45) is 15.2 Å². The van der Waals surface area contributed by atoms with Gasteiger partial charge in [-0.25, -0.2) is 4.99 Å². The molecule has 1 N–H and O–H groups in total. The van der Waals surface area contributed by atoms with E-state index >= 15 is 0 Å². The molecule has 1 amide bonds. The van der Waals surface area contributed by atoms with Gasteiger partial charge in [0.15, 0.2) is 11.3 Å². The standard InChI is InChI=1S/C9H12N4OS/c1-3-5(2)15-9-11-7-6(4-10-13-7)8(14)12-9/h4-5,7H,3H2,1-2H3,(H,11,12,14). The summed E-state index contributed by atoms with van der Waals surface area (Å²) < 4.78 is 0. The topological polar surface area (TPSA) is 66.2 Å². The lowest BCUT2D eigenvalue weighted by atomic mass is 10.2. The lowest BCUT2D eigenvalue weighted by Gasteiger charge is -2.18. The molecule has 0 aliphatic carbocycles. The van der Waals surface area contributed by atoms with E-state index in [-0.39, 0.29) is 5.91 Å². The molecule has 6 heteroatoms. The van der Waals surface area contributed by atoms with Gasteiger partial charge in [-0.05, 0) is 6.42 Å². The third-order valence-corrected chi connectivity index (χ3v) is 3.43. The number of amides is 1. The van der Waals surface area contributed by atoms with Crippen LogP contribution in [-0.4, -0.2) is 22.5 Å². The number of aliphatic imine (C=N–C) groups is 1. The molecule has 0 saturated heterocycles. The fourth-order valence-corrected chi connectivity index (χ4v) is 2.07. The van der Waals surface area contributed by atoms with Gasteiger partial charge in [-0.3, -0.25) is 4.79 Å². The van der Waals surface area contributed by atoms with Crippen LogP contribution in [0.5, 0.6) is 0 Å². The summed E-state index contributed by atoms with van der Waals surface area (Å²) in [4.78, 5) is 15.9. The Morgan fingerprint density at radius 3 is 3.20 bits per heavy atom. The monoisotopic (exact) mass is 224 g/mol. The van der Waals surface area contributed by atoms with Crippen molar-refractivity contribution in [1.82, 2.24) is 5.32 Å². The third-order valence-electron chi connectivity index (χ3n) is 2.26. The molecule has 0 fully saturated rings. The quantitative estimate of drug-likeness (QED) is 0.775. The lowest BCUT2D eigenvalue weighted by molar-refractivity contribution is -0.116.